The number of fused-ring (bicyclic) bond motifs is 1. The average molecular weight is 486 g/mol. The molecule has 4 rings (SSSR count). The van der Waals surface area contributed by atoms with Crippen LogP contribution in [-0.2, 0) is 19.1 Å². The molecule has 2 amide bonds. The molecule has 0 bridgehead atoms. The number of rotatable bonds is 7. The molecule has 0 spiro atoms. The molecule has 0 saturated carbocycles. The van der Waals surface area contributed by atoms with Gasteiger partial charge in [-0.2, -0.15) is 11.8 Å². The lowest BCUT2D eigenvalue weighted by atomic mass is 9.78. The van der Waals surface area contributed by atoms with E-state index in [4.69, 9.17) is 4.74 Å². The highest BCUT2D eigenvalue weighted by Crippen LogP contribution is 2.51. The molecule has 34 heavy (non-hydrogen) atoms. The van der Waals surface area contributed by atoms with Gasteiger partial charge in [-0.05, 0) is 60.4 Å². The van der Waals surface area contributed by atoms with Crippen molar-refractivity contribution in [1.29, 1.82) is 0 Å². The number of nitrogens with zero attached hydrogens (tertiary/aromatic N) is 2. The second kappa shape index (κ2) is 9.38. The third-order valence-corrected chi connectivity index (χ3v) is 7.37. The number of carbonyl (C=O) groups is 3. The number of benzene rings is 2. The van der Waals surface area contributed by atoms with Crippen molar-refractivity contribution in [3.63, 3.8) is 0 Å². The van der Waals surface area contributed by atoms with Crippen molar-refractivity contribution in [2.24, 2.45) is 11.8 Å². The Morgan fingerprint density at radius 1 is 1.12 bits per heavy atom. The molecule has 180 valence electrons. The van der Waals surface area contributed by atoms with E-state index in [1.54, 1.807) is 11.8 Å². The van der Waals surface area contributed by atoms with Crippen molar-refractivity contribution in [2.75, 3.05) is 43.0 Å². The van der Waals surface area contributed by atoms with E-state index in [1.165, 1.54) is 31.4 Å². The van der Waals surface area contributed by atoms with Crippen LogP contribution in [0.5, 0.6) is 0 Å². The third kappa shape index (κ3) is 3.86. The Morgan fingerprint density at radius 2 is 1.76 bits per heavy atom. The highest BCUT2D eigenvalue weighted by molar-refractivity contribution is 7.98. The first kappa shape index (κ1) is 24.2. The third-order valence-electron chi connectivity index (χ3n) is 6.76. The highest BCUT2D eigenvalue weighted by Gasteiger charge is 2.68. The van der Waals surface area contributed by atoms with E-state index in [-0.39, 0.29) is 5.69 Å². The molecule has 1 N–H and O–H groups in total. The fraction of sp³-hybridized carbons (Fsp3) is 0.400. The molecule has 7 nitrogen and oxygen atoms in total. The Hall–Kier alpha value is -2.91. The minimum absolute atomic E-state index is 0.288. The number of nitrogens with one attached hydrogen (secondary N) is 1. The summed E-state index contributed by atoms with van der Waals surface area (Å²) in [6.07, 6.45) is 2.24. The van der Waals surface area contributed by atoms with Crippen LogP contribution in [0, 0.1) is 17.7 Å². The highest BCUT2D eigenvalue weighted by atomic mass is 32.2. The summed E-state index contributed by atoms with van der Waals surface area (Å²) in [5.41, 5.74) is 0.727. The number of ether oxygens (including phenoxy) is 1. The first-order valence-corrected chi connectivity index (χ1v) is 12.4. The number of thioether (sulfide) groups is 1. The molecule has 0 aliphatic carbocycles. The van der Waals surface area contributed by atoms with E-state index in [9.17, 15) is 18.8 Å². The molecule has 2 aliphatic rings. The number of halogens is 1. The summed E-state index contributed by atoms with van der Waals surface area (Å²) in [4.78, 5) is 43.7. The van der Waals surface area contributed by atoms with E-state index in [0.717, 1.165) is 16.2 Å². The zero-order valence-electron chi connectivity index (χ0n) is 19.6. The van der Waals surface area contributed by atoms with Crippen LogP contribution in [0.25, 0.3) is 0 Å². The van der Waals surface area contributed by atoms with Gasteiger partial charge in [0.25, 0.3) is 0 Å². The van der Waals surface area contributed by atoms with Gasteiger partial charge in [0.05, 0.1) is 24.6 Å². The zero-order chi connectivity index (χ0) is 24.6. The fourth-order valence-electron chi connectivity index (χ4n) is 5.08. The van der Waals surface area contributed by atoms with Crippen molar-refractivity contribution in [3.05, 3.63) is 59.9 Å². The first-order valence-electron chi connectivity index (χ1n) is 11.0. The Morgan fingerprint density at radius 3 is 2.32 bits per heavy atom. The number of hydrogen-bond acceptors (Lipinski definition) is 7. The number of anilines is 2. The van der Waals surface area contributed by atoms with Gasteiger partial charge in [-0.1, -0.05) is 12.1 Å². The summed E-state index contributed by atoms with van der Waals surface area (Å²) in [6.45, 7) is 0. The molecule has 4 unspecified atom stereocenters. The summed E-state index contributed by atoms with van der Waals surface area (Å²) >= 11 is 1.55. The van der Waals surface area contributed by atoms with Gasteiger partial charge in [0.15, 0.2) is 0 Å². The molecular formula is C25H28FN3O4S. The van der Waals surface area contributed by atoms with Gasteiger partial charge in [-0.3, -0.25) is 19.7 Å². The van der Waals surface area contributed by atoms with Gasteiger partial charge in [0.2, 0.25) is 11.8 Å². The van der Waals surface area contributed by atoms with Crippen LogP contribution in [0.4, 0.5) is 15.8 Å². The number of esters is 1. The summed E-state index contributed by atoms with van der Waals surface area (Å²) in [7, 11) is 5.16. The van der Waals surface area contributed by atoms with Crippen LogP contribution in [0.1, 0.15) is 18.0 Å². The second-order valence-corrected chi connectivity index (χ2v) is 9.79. The lowest BCUT2D eigenvalue weighted by Gasteiger charge is -2.32. The van der Waals surface area contributed by atoms with Crippen molar-refractivity contribution in [2.45, 2.75) is 18.0 Å². The van der Waals surface area contributed by atoms with Crippen LogP contribution < -0.4 is 15.1 Å². The lowest BCUT2D eigenvalue weighted by molar-refractivity contribution is -0.152. The Labute approximate surface area is 202 Å². The maximum atomic E-state index is 13.8. The Kier molecular flexibility index (Phi) is 6.69. The van der Waals surface area contributed by atoms with Crippen LogP contribution in [-0.4, -0.2) is 56.5 Å². The van der Waals surface area contributed by atoms with Gasteiger partial charge in [-0.25, -0.2) is 9.29 Å². The molecule has 0 aromatic heterocycles. The first-order chi connectivity index (χ1) is 16.2. The number of amides is 2. The molecular weight excluding hydrogens is 457 g/mol. The SMILES string of the molecule is COC(=O)C1(CCSC)NC(c2ccc(N(C)C)cc2)C2C(=O)N(c3ccc(F)cc3)C(=O)C21. The fourth-order valence-corrected chi connectivity index (χ4v) is 5.60. The molecule has 2 heterocycles. The molecule has 2 saturated heterocycles. The molecule has 4 atom stereocenters. The normalized spacial score (nSPS) is 26.0. The van der Waals surface area contributed by atoms with Crippen LogP contribution >= 0.6 is 11.8 Å². The van der Waals surface area contributed by atoms with Gasteiger partial charge in [0.1, 0.15) is 11.4 Å². The van der Waals surface area contributed by atoms with Gasteiger partial charge >= 0.3 is 5.97 Å². The van der Waals surface area contributed by atoms with E-state index in [2.05, 4.69) is 5.32 Å². The smallest absolute Gasteiger partial charge is 0.326 e. The summed E-state index contributed by atoms with van der Waals surface area (Å²) < 4.78 is 18.7. The summed E-state index contributed by atoms with van der Waals surface area (Å²) in [5, 5.41) is 3.37. The van der Waals surface area contributed by atoms with Crippen molar-refractivity contribution >= 4 is 40.9 Å². The number of hydrogen-bond donors (Lipinski definition) is 1. The summed E-state index contributed by atoms with van der Waals surface area (Å²) in [5.74, 6) is -3.07. The maximum Gasteiger partial charge on any atom is 0.326 e. The van der Waals surface area contributed by atoms with E-state index in [1.807, 2.05) is 49.5 Å². The molecule has 2 aliphatic heterocycles. The second-order valence-electron chi connectivity index (χ2n) is 8.81. The minimum atomic E-state index is -1.35. The standard InChI is InChI=1S/C25H28FN3O4S/c1-28(2)17-9-5-15(6-10-17)21-19-20(25(27-21,13-14-34-4)24(32)33-3)23(31)29(22(19)30)18-11-7-16(26)8-12-18/h5-12,19-21,27H,13-14H2,1-4H3. The number of imide groups is 1. The minimum Gasteiger partial charge on any atom is -0.468 e. The van der Waals surface area contributed by atoms with Crippen LogP contribution in [0.3, 0.4) is 0 Å². The zero-order valence-corrected chi connectivity index (χ0v) is 20.4. The predicted octanol–water partition coefficient (Wildman–Crippen LogP) is 3.01. The average Bonchev–Trinajstić information content (AvgIpc) is 3.32. The monoisotopic (exact) mass is 485 g/mol. The molecule has 2 aromatic carbocycles. The quantitative estimate of drug-likeness (QED) is 0.477. The van der Waals surface area contributed by atoms with Gasteiger partial charge in [-0.15, -0.1) is 0 Å². The van der Waals surface area contributed by atoms with Gasteiger partial charge in [0, 0.05) is 25.8 Å². The van der Waals surface area contributed by atoms with Crippen molar-refractivity contribution < 1.29 is 23.5 Å². The van der Waals surface area contributed by atoms with E-state index in [0.29, 0.717) is 12.2 Å². The Balaban J connectivity index is 1.83. The largest absolute Gasteiger partial charge is 0.468 e. The number of carbonyl (C=O) groups excluding carboxylic acids is 3. The lowest BCUT2D eigenvalue weighted by Crippen LogP contribution is -2.56. The van der Waals surface area contributed by atoms with Crippen molar-refractivity contribution in [3.8, 4) is 0 Å². The number of methoxy groups -OCH3 is 1. The molecule has 2 fully saturated rings. The molecule has 9 heteroatoms. The van der Waals surface area contributed by atoms with Crippen LogP contribution in [0.15, 0.2) is 48.5 Å². The van der Waals surface area contributed by atoms with Crippen LogP contribution in [0.2, 0.25) is 0 Å². The molecule has 0 radical (unpaired) electrons. The maximum absolute atomic E-state index is 13.8. The summed E-state index contributed by atoms with van der Waals surface area (Å²) in [6, 6.07) is 12.3. The van der Waals surface area contributed by atoms with E-state index >= 15 is 0 Å². The van der Waals surface area contributed by atoms with Crippen molar-refractivity contribution in [1.82, 2.24) is 5.32 Å². The topological polar surface area (TPSA) is 79.0 Å². The molecule has 2 aromatic rings. The Bertz CT molecular complexity index is 1090. The van der Waals surface area contributed by atoms with E-state index < -0.39 is 47.0 Å². The van der Waals surface area contributed by atoms with Gasteiger partial charge < -0.3 is 9.64 Å². The predicted molar refractivity (Wildman–Crippen MR) is 130 cm³/mol.